The first-order chi connectivity index (χ1) is 15.6. The number of hydrogen-bond acceptors (Lipinski definition) is 6. The van der Waals surface area contributed by atoms with E-state index in [1.807, 2.05) is 26.0 Å². The van der Waals surface area contributed by atoms with Crippen LogP contribution >= 0.6 is 0 Å². The van der Waals surface area contributed by atoms with Crippen molar-refractivity contribution in [1.29, 1.82) is 0 Å². The van der Waals surface area contributed by atoms with Crippen LogP contribution in [0.2, 0.25) is 0 Å². The second kappa shape index (κ2) is 9.72. The van der Waals surface area contributed by atoms with E-state index in [0.717, 1.165) is 23.0 Å². The summed E-state index contributed by atoms with van der Waals surface area (Å²) < 4.78 is 11.4. The Kier molecular flexibility index (Phi) is 7.19. The van der Waals surface area contributed by atoms with Crippen LogP contribution in [0.4, 0.5) is 10.5 Å². The molecule has 0 spiro atoms. The van der Waals surface area contributed by atoms with Crippen molar-refractivity contribution in [2.75, 3.05) is 18.1 Å². The van der Waals surface area contributed by atoms with Crippen molar-refractivity contribution in [1.82, 2.24) is 4.90 Å². The number of carbonyl (C=O) groups excluding carboxylic acids is 3. The van der Waals surface area contributed by atoms with E-state index in [-0.39, 0.29) is 19.0 Å². The highest BCUT2D eigenvalue weighted by Gasteiger charge is 2.37. The molecule has 0 saturated carbocycles. The molecule has 1 aliphatic rings. The smallest absolute Gasteiger partial charge is 0.332 e. The Balaban J connectivity index is 1.77. The SMILES string of the molecule is CCOC(O)C(C)(C)Oc1c(C)cc(CN2C(=O)CN(c3ccc(C=O)cc3)C2=O)cc1C. The van der Waals surface area contributed by atoms with Crippen molar-refractivity contribution < 1.29 is 29.0 Å². The number of aldehydes is 1. The molecule has 1 unspecified atom stereocenters. The van der Waals surface area contributed by atoms with Gasteiger partial charge in [-0.1, -0.05) is 12.1 Å². The monoisotopic (exact) mass is 454 g/mol. The van der Waals surface area contributed by atoms with Gasteiger partial charge >= 0.3 is 6.03 Å². The van der Waals surface area contributed by atoms with E-state index in [0.29, 0.717) is 23.6 Å². The summed E-state index contributed by atoms with van der Waals surface area (Å²) in [5.41, 5.74) is 2.53. The van der Waals surface area contributed by atoms with E-state index < -0.39 is 17.9 Å². The standard InChI is InChI=1S/C25H30N2O6/c1-6-32-23(30)25(4,5)33-22-16(2)11-19(12-17(22)3)13-27-21(29)14-26(24(27)31)20-9-7-18(15-28)8-10-20/h7-12,15,23,30H,6,13-14H2,1-5H3. The quantitative estimate of drug-likeness (QED) is 0.353. The van der Waals surface area contributed by atoms with Crippen molar-refractivity contribution >= 4 is 23.9 Å². The van der Waals surface area contributed by atoms with E-state index >= 15 is 0 Å². The Morgan fingerprint density at radius 1 is 1.12 bits per heavy atom. The van der Waals surface area contributed by atoms with Crippen LogP contribution in [-0.4, -0.2) is 53.3 Å². The number of aliphatic hydroxyl groups is 1. The number of anilines is 1. The molecule has 8 heteroatoms. The zero-order chi connectivity index (χ0) is 24.3. The number of aryl methyl sites for hydroxylation is 2. The number of imide groups is 1. The molecule has 33 heavy (non-hydrogen) atoms. The summed E-state index contributed by atoms with van der Waals surface area (Å²) in [6.07, 6.45) is -0.364. The van der Waals surface area contributed by atoms with Crippen molar-refractivity contribution in [2.24, 2.45) is 0 Å². The van der Waals surface area contributed by atoms with E-state index in [4.69, 9.17) is 9.47 Å². The number of aliphatic hydroxyl groups excluding tert-OH is 1. The van der Waals surface area contributed by atoms with Gasteiger partial charge in [0.2, 0.25) is 0 Å². The fraction of sp³-hybridized carbons (Fsp3) is 0.400. The van der Waals surface area contributed by atoms with Gasteiger partial charge in [0, 0.05) is 17.9 Å². The first-order valence-electron chi connectivity index (χ1n) is 10.8. The fourth-order valence-corrected chi connectivity index (χ4v) is 3.78. The lowest BCUT2D eigenvalue weighted by molar-refractivity contribution is -0.186. The van der Waals surface area contributed by atoms with Gasteiger partial charge in [0.25, 0.3) is 5.91 Å². The predicted molar refractivity (Wildman–Crippen MR) is 123 cm³/mol. The topological polar surface area (TPSA) is 96.4 Å². The van der Waals surface area contributed by atoms with E-state index in [9.17, 15) is 19.5 Å². The van der Waals surface area contributed by atoms with Crippen LogP contribution in [0.1, 0.15) is 47.8 Å². The van der Waals surface area contributed by atoms with Gasteiger partial charge in [0.15, 0.2) is 11.9 Å². The molecule has 1 N–H and O–H groups in total. The average Bonchev–Trinajstić information content (AvgIpc) is 3.05. The molecular formula is C25H30N2O6. The van der Waals surface area contributed by atoms with Gasteiger partial charge in [-0.05, 0) is 75.6 Å². The van der Waals surface area contributed by atoms with Gasteiger partial charge in [-0.25, -0.2) is 4.79 Å². The van der Waals surface area contributed by atoms with E-state index in [2.05, 4.69) is 0 Å². The molecule has 176 valence electrons. The van der Waals surface area contributed by atoms with Crippen LogP contribution in [0.3, 0.4) is 0 Å². The van der Waals surface area contributed by atoms with Gasteiger partial charge < -0.3 is 14.6 Å². The van der Waals surface area contributed by atoms with Gasteiger partial charge in [-0.3, -0.25) is 19.4 Å². The van der Waals surface area contributed by atoms with Crippen molar-refractivity contribution in [3.8, 4) is 5.75 Å². The molecule has 0 aliphatic carbocycles. The summed E-state index contributed by atoms with van der Waals surface area (Å²) >= 11 is 0. The second-order valence-corrected chi connectivity index (χ2v) is 8.63. The molecule has 1 fully saturated rings. The highest BCUT2D eigenvalue weighted by atomic mass is 16.6. The number of urea groups is 1. The van der Waals surface area contributed by atoms with Crippen molar-refractivity contribution in [3.05, 3.63) is 58.7 Å². The van der Waals surface area contributed by atoms with Crippen LogP contribution in [0.25, 0.3) is 0 Å². The molecule has 8 nitrogen and oxygen atoms in total. The molecule has 0 aromatic heterocycles. The van der Waals surface area contributed by atoms with Crippen LogP contribution in [0, 0.1) is 13.8 Å². The molecule has 1 saturated heterocycles. The maximum absolute atomic E-state index is 12.9. The summed E-state index contributed by atoms with van der Waals surface area (Å²) in [7, 11) is 0. The number of benzene rings is 2. The highest BCUT2D eigenvalue weighted by molar-refractivity contribution is 6.12. The van der Waals surface area contributed by atoms with Gasteiger partial charge in [-0.15, -0.1) is 0 Å². The van der Waals surface area contributed by atoms with Crippen LogP contribution < -0.4 is 9.64 Å². The lowest BCUT2D eigenvalue weighted by Gasteiger charge is -2.32. The summed E-state index contributed by atoms with van der Waals surface area (Å²) in [4.78, 5) is 39.0. The maximum atomic E-state index is 12.9. The number of hydrogen-bond donors (Lipinski definition) is 1. The second-order valence-electron chi connectivity index (χ2n) is 8.63. The van der Waals surface area contributed by atoms with Gasteiger partial charge in [0.1, 0.15) is 18.6 Å². The number of nitrogens with zero attached hydrogens (tertiary/aromatic N) is 2. The third kappa shape index (κ3) is 5.23. The van der Waals surface area contributed by atoms with Gasteiger partial charge in [0.05, 0.1) is 6.54 Å². The van der Waals surface area contributed by atoms with Crippen LogP contribution in [0.5, 0.6) is 5.75 Å². The third-order valence-corrected chi connectivity index (χ3v) is 5.54. The predicted octanol–water partition coefficient (Wildman–Crippen LogP) is 3.60. The molecule has 0 bridgehead atoms. The minimum Gasteiger partial charge on any atom is -0.482 e. The van der Waals surface area contributed by atoms with E-state index in [1.54, 1.807) is 45.0 Å². The largest absolute Gasteiger partial charge is 0.482 e. The Hall–Kier alpha value is -3.23. The molecule has 1 atom stereocenters. The average molecular weight is 455 g/mol. The Bertz CT molecular complexity index is 1020. The number of amides is 3. The summed E-state index contributed by atoms with van der Waals surface area (Å²) in [5.74, 6) is 0.328. The fourth-order valence-electron chi connectivity index (χ4n) is 3.78. The Morgan fingerprint density at radius 2 is 1.73 bits per heavy atom. The molecule has 2 aromatic carbocycles. The number of ether oxygens (including phenoxy) is 2. The van der Waals surface area contributed by atoms with E-state index in [1.165, 1.54) is 9.80 Å². The lowest BCUT2D eigenvalue weighted by atomic mass is 10.0. The van der Waals surface area contributed by atoms with Crippen molar-refractivity contribution in [2.45, 2.75) is 53.1 Å². The van der Waals surface area contributed by atoms with Gasteiger partial charge in [-0.2, -0.15) is 0 Å². The Morgan fingerprint density at radius 3 is 2.27 bits per heavy atom. The minimum atomic E-state index is -1.09. The minimum absolute atomic E-state index is 0.0536. The molecular weight excluding hydrogens is 424 g/mol. The highest BCUT2D eigenvalue weighted by Crippen LogP contribution is 2.31. The maximum Gasteiger partial charge on any atom is 0.332 e. The Labute approximate surface area is 193 Å². The first-order valence-corrected chi connectivity index (χ1v) is 10.8. The van der Waals surface area contributed by atoms with Crippen molar-refractivity contribution in [3.63, 3.8) is 0 Å². The first kappa shape index (κ1) is 24.4. The van der Waals surface area contributed by atoms with Crippen LogP contribution in [0.15, 0.2) is 36.4 Å². The third-order valence-electron chi connectivity index (χ3n) is 5.54. The zero-order valence-electron chi connectivity index (χ0n) is 19.6. The molecule has 3 amide bonds. The summed E-state index contributed by atoms with van der Waals surface area (Å²) in [5, 5.41) is 10.2. The molecule has 0 radical (unpaired) electrons. The molecule has 2 aromatic rings. The normalized spacial score (nSPS) is 15.2. The lowest BCUT2D eigenvalue weighted by Crippen LogP contribution is -2.44. The summed E-state index contributed by atoms with van der Waals surface area (Å²) in [6.45, 7) is 9.49. The zero-order valence-corrected chi connectivity index (χ0v) is 19.6. The summed E-state index contributed by atoms with van der Waals surface area (Å²) in [6, 6.07) is 9.85. The molecule has 1 aliphatic heterocycles. The van der Waals surface area contributed by atoms with Crippen LogP contribution in [-0.2, 0) is 16.1 Å². The molecule has 1 heterocycles. The number of rotatable bonds is 9. The molecule has 3 rings (SSSR count). The number of carbonyl (C=O) groups is 3.